The molecule has 1 aliphatic carbocycles. The molecule has 0 amide bonds. The van der Waals surface area contributed by atoms with Crippen molar-refractivity contribution in [2.75, 3.05) is 0 Å². The summed E-state index contributed by atoms with van der Waals surface area (Å²) in [5.41, 5.74) is 2.23. The summed E-state index contributed by atoms with van der Waals surface area (Å²) in [6.45, 7) is 5.85. The lowest BCUT2D eigenvalue weighted by molar-refractivity contribution is 0.626. The maximum absolute atomic E-state index is 10.8. The van der Waals surface area contributed by atoms with Gasteiger partial charge in [-0.05, 0) is 25.5 Å². The third-order valence-electron chi connectivity index (χ3n) is 2.49. The molecule has 0 aromatic carbocycles. The molecule has 0 bridgehead atoms. The van der Waals surface area contributed by atoms with Crippen LogP contribution in [0.5, 0.6) is 0 Å². The van der Waals surface area contributed by atoms with Gasteiger partial charge in [-0.15, -0.1) is 0 Å². The molecule has 1 atom stereocenters. The summed E-state index contributed by atoms with van der Waals surface area (Å²) in [6, 6.07) is 0. The van der Waals surface area contributed by atoms with Crippen LogP contribution in [0.1, 0.15) is 20.8 Å². The number of halogens is 1. The highest BCUT2D eigenvalue weighted by atomic mass is 79.9. The number of hydrogen-bond acceptors (Lipinski definition) is 2. The summed E-state index contributed by atoms with van der Waals surface area (Å²) in [5, 5.41) is 0. The summed E-state index contributed by atoms with van der Waals surface area (Å²) in [4.78, 5) is 0.454. The summed E-state index contributed by atoms with van der Waals surface area (Å²) >= 11 is 3.34. The van der Waals surface area contributed by atoms with Gasteiger partial charge >= 0.3 is 0 Å². The zero-order chi connectivity index (χ0) is 10.2. The number of hydrogen-bond donors (Lipinski definition) is 0. The van der Waals surface area contributed by atoms with Gasteiger partial charge in [0.2, 0.25) is 10.3 Å². The topological polar surface area (TPSA) is 34.1 Å². The fraction of sp³-hybridized carbons (Fsp3) is 0.444. The van der Waals surface area contributed by atoms with Gasteiger partial charge in [0.1, 0.15) is 0 Å². The molecule has 13 heavy (non-hydrogen) atoms. The zero-order valence-electron chi connectivity index (χ0n) is 7.76. The maximum atomic E-state index is 10.8. The molecule has 0 spiro atoms. The fourth-order valence-corrected chi connectivity index (χ4v) is 2.67. The second-order valence-corrected chi connectivity index (χ2v) is 4.95. The predicted octanol–water partition coefficient (Wildman–Crippen LogP) is 2.30. The lowest BCUT2D eigenvalue weighted by atomic mass is 9.90. The standard InChI is InChI=1S/C9H11BrO2S/c1-5-6(2)8(10)4-9(7(5)3)13(11)12/h4,7H,1-3H3. The third-order valence-corrected chi connectivity index (χ3v) is 4.17. The second kappa shape index (κ2) is 3.80. The summed E-state index contributed by atoms with van der Waals surface area (Å²) in [7, 11) is -2.11. The first-order valence-electron chi connectivity index (χ1n) is 3.96. The lowest BCUT2D eigenvalue weighted by Gasteiger charge is -2.19. The molecular weight excluding hydrogens is 252 g/mol. The van der Waals surface area contributed by atoms with Crippen LogP contribution in [-0.4, -0.2) is 13.3 Å². The molecule has 0 fully saturated rings. The van der Waals surface area contributed by atoms with Crippen LogP contribution >= 0.6 is 15.9 Å². The minimum Gasteiger partial charge on any atom is -0.184 e. The largest absolute Gasteiger partial charge is 0.217 e. The Morgan fingerprint density at radius 3 is 2.38 bits per heavy atom. The summed E-state index contributed by atoms with van der Waals surface area (Å²) in [6.07, 6.45) is 1.68. The monoisotopic (exact) mass is 262 g/mol. The van der Waals surface area contributed by atoms with Gasteiger partial charge in [-0.3, -0.25) is 0 Å². The molecule has 72 valence electrons. The van der Waals surface area contributed by atoms with Gasteiger partial charge in [0.05, 0.1) is 4.86 Å². The molecule has 1 rings (SSSR count). The molecule has 1 aliphatic rings. The van der Waals surface area contributed by atoms with Crippen molar-refractivity contribution in [3.63, 3.8) is 0 Å². The van der Waals surface area contributed by atoms with Crippen LogP contribution in [-0.2, 0) is 10.3 Å². The van der Waals surface area contributed by atoms with E-state index in [4.69, 9.17) is 0 Å². The van der Waals surface area contributed by atoms with Crippen molar-refractivity contribution in [2.24, 2.45) is 5.92 Å². The molecule has 0 radical (unpaired) electrons. The zero-order valence-corrected chi connectivity index (χ0v) is 10.2. The predicted molar refractivity (Wildman–Crippen MR) is 58.5 cm³/mol. The van der Waals surface area contributed by atoms with E-state index in [-0.39, 0.29) is 5.92 Å². The first kappa shape index (κ1) is 10.7. The van der Waals surface area contributed by atoms with Gasteiger partial charge in [0.15, 0.2) is 0 Å². The molecule has 0 N–H and O–H groups in total. The Morgan fingerprint density at radius 1 is 1.38 bits per heavy atom. The lowest BCUT2D eigenvalue weighted by Crippen LogP contribution is -2.16. The molecule has 0 saturated heterocycles. The number of allylic oxidation sites excluding steroid dienone is 4. The van der Waals surface area contributed by atoms with Gasteiger partial charge in [0, 0.05) is 10.4 Å². The van der Waals surface area contributed by atoms with Crippen LogP contribution in [0.15, 0.2) is 21.7 Å². The Labute approximate surface area is 88.0 Å². The average Bonchev–Trinajstić information content (AvgIpc) is 2.07. The minimum atomic E-state index is -2.11. The van der Waals surface area contributed by atoms with Crippen LogP contribution < -0.4 is 0 Å². The van der Waals surface area contributed by atoms with Gasteiger partial charge < -0.3 is 0 Å². The van der Waals surface area contributed by atoms with E-state index in [0.717, 1.165) is 15.6 Å². The molecule has 0 aliphatic heterocycles. The van der Waals surface area contributed by atoms with E-state index < -0.39 is 10.3 Å². The van der Waals surface area contributed by atoms with Gasteiger partial charge in [-0.2, -0.15) is 8.42 Å². The van der Waals surface area contributed by atoms with Crippen molar-refractivity contribution >= 4 is 31.1 Å². The summed E-state index contributed by atoms with van der Waals surface area (Å²) in [5.74, 6) is -0.000340. The van der Waals surface area contributed by atoms with Crippen molar-refractivity contribution in [3.05, 3.63) is 21.7 Å². The van der Waals surface area contributed by atoms with Crippen molar-refractivity contribution in [3.8, 4) is 0 Å². The molecule has 1 unspecified atom stereocenters. The Kier molecular flexibility index (Phi) is 3.14. The molecule has 0 aromatic heterocycles. The fourth-order valence-electron chi connectivity index (χ4n) is 1.28. The van der Waals surface area contributed by atoms with E-state index in [0.29, 0.717) is 4.86 Å². The SMILES string of the molecule is CC1=C(C)C(C)C(=S(=O)=O)C=C1Br. The third kappa shape index (κ3) is 1.94. The van der Waals surface area contributed by atoms with E-state index in [1.54, 1.807) is 6.08 Å². The maximum Gasteiger partial charge on any atom is 0.217 e. The van der Waals surface area contributed by atoms with Gasteiger partial charge in [-0.1, -0.05) is 28.4 Å². The quantitative estimate of drug-likeness (QED) is 0.628. The molecule has 0 heterocycles. The van der Waals surface area contributed by atoms with Gasteiger partial charge in [0.25, 0.3) is 0 Å². The molecular formula is C9H11BrO2S. The van der Waals surface area contributed by atoms with Gasteiger partial charge in [-0.25, -0.2) is 0 Å². The molecule has 0 aromatic rings. The molecule has 4 heteroatoms. The minimum absolute atomic E-state index is 0.000340. The molecule has 2 nitrogen and oxygen atoms in total. The smallest absolute Gasteiger partial charge is 0.184 e. The highest BCUT2D eigenvalue weighted by molar-refractivity contribution is 9.12. The molecule has 0 saturated carbocycles. The van der Waals surface area contributed by atoms with Crippen molar-refractivity contribution in [2.45, 2.75) is 20.8 Å². The Hall–Kier alpha value is -0.350. The summed E-state index contributed by atoms with van der Waals surface area (Å²) < 4.78 is 22.5. The first-order chi connectivity index (χ1) is 5.95. The second-order valence-electron chi connectivity index (χ2n) is 3.16. The van der Waals surface area contributed by atoms with Crippen LogP contribution in [0.2, 0.25) is 0 Å². The van der Waals surface area contributed by atoms with Crippen LogP contribution in [0.4, 0.5) is 0 Å². The van der Waals surface area contributed by atoms with Crippen LogP contribution in [0.25, 0.3) is 0 Å². The Bertz CT molecular complexity index is 419. The van der Waals surface area contributed by atoms with E-state index >= 15 is 0 Å². The van der Waals surface area contributed by atoms with E-state index in [1.807, 2.05) is 20.8 Å². The first-order valence-corrected chi connectivity index (χ1v) is 5.83. The Morgan fingerprint density at radius 2 is 1.92 bits per heavy atom. The van der Waals surface area contributed by atoms with Crippen LogP contribution in [0.3, 0.4) is 0 Å². The Balaban J connectivity index is 3.40. The highest BCUT2D eigenvalue weighted by Gasteiger charge is 2.20. The number of rotatable bonds is 0. The van der Waals surface area contributed by atoms with E-state index in [2.05, 4.69) is 15.9 Å². The average molecular weight is 263 g/mol. The normalized spacial score (nSPS) is 23.2. The highest BCUT2D eigenvalue weighted by Crippen LogP contribution is 2.30. The van der Waals surface area contributed by atoms with E-state index in [9.17, 15) is 8.42 Å². The van der Waals surface area contributed by atoms with Crippen molar-refractivity contribution in [1.29, 1.82) is 0 Å². The van der Waals surface area contributed by atoms with Crippen molar-refractivity contribution < 1.29 is 8.42 Å². The van der Waals surface area contributed by atoms with E-state index in [1.165, 1.54) is 0 Å². The van der Waals surface area contributed by atoms with Crippen LogP contribution in [0, 0.1) is 5.92 Å². The van der Waals surface area contributed by atoms with Crippen molar-refractivity contribution in [1.82, 2.24) is 0 Å².